The molecule has 3 N–H and O–H groups in total. The molecule has 0 bridgehead atoms. The molecule has 0 amide bonds. The van der Waals surface area contributed by atoms with Crippen LogP contribution in [0, 0.1) is 0 Å². The Bertz CT molecular complexity index is 1320. The van der Waals surface area contributed by atoms with Gasteiger partial charge in [0.05, 0.1) is 16.6 Å². The Morgan fingerprint density at radius 2 is 2.00 bits per heavy atom. The van der Waals surface area contributed by atoms with Gasteiger partial charge in [-0.25, -0.2) is 19.9 Å². The maximum absolute atomic E-state index is 9.09. The van der Waals surface area contributed by atoms with Crippen molar-refractivity contribution in [2.45, 2.75) is 19.1 Å². The minimum Gasteiger partial charge on any atom is -0.485 e. The second-order valence-electron chi connectivity index (χ2n) is 7.48. The summed E-state index contributed by atoms with van der Waals surface area (Å²) in [4.78, 5) is 17.4. The Kier molecular flexibility index (Phi) is 6.70. The number of aliphatic hydroxyl groups is 1. The van der Waals surface area contributed by atoms with Crippen molar-refractivity contribution in [2.75, 3.05) is 23.8 Å². The van der Waals surface area contributed by atoms with Crippen LogP contribution in [0.3, 0.4) is 0 Å². The van der Waals surface area contributed by atoms with E-state index in [-0.39, 0.29) is 12.6 Å². The monoisotopic (exact) mass is 496 g/mol. The van der Waals surface area contributed by atoms with Crippen molar-refractivity contribution in [3.05, 3.63) is 64.3 Å². The molecular weight excluding hydrogens is 476 g/mol. The number of rotatable bonds is 8. The van der Waals surface area contributed by atoms with Crippen molar-refractivity contribution in [1.82, 2.24) is 15.0 Å². The van der Waals surface area contributed by atoms with E-state index in [1.165, 1.54) is 17.7 Å². The predicted octanol–water partition coefficient (Wildman–Crippen LogP) is 4.61. The molecule has 0 fully saturated rings. The summed E-state index contributed by atoms with van der Waals surface area (Å²) < 4.78 is 11.4. The largest absolute Gasteiger partial charge is 0.485 e. The van der Waals surface area contributed by atoms with Gasteiger partial charge in [0, 0.05) is 34.9 Å². The maximum Gasteiger partial charge on any atom is 0.289 e. The van der Waals surface area contributed by atoms with Gasteiger partial charge in [-0.15, -0.1) is 11.3 Å². The predicted molar refractivity (Wildman–Crippen MR) is 133 cm³/mol. The fourth-order valence-corrected chi connectivity index (χ4v) is 4.20. The Balaban J connectivity index is 1.32. The average Bonchev–Trinajstić information content (AvgIpc) is 3.51. The normalized spacial score (nSPS) is 15.1. The zero-order valence-corrected chi connectivity index (χ0v) is 19.5. The maximum atomic E-state index is 9.09. The van der Waals surface area contributed by atoms with Crippen LogP contribution in [0.2, 0.25) is 5.02 Å². The van der Waals surface area contributed by atoms with Gasteiger partial charge in [0.1, 0.15) is 36.1 Å². The van der Waals surface area contributed by atoms with Gasteiger partial charge in [-0.05, 0) is 42.8 Å². The standard InChI is InChI=1S/C23H21ClN6O3S/c24-18-10-15(2-4-20(18)32-12-21-25-6-8-34-21)28-22-17-9-14(1-3-19(17)26-13-27-22)29-23-30-16(5-7-31)11-33-23/h1-4,6,8-10,13,16,31H,5,7,11-12H2,(H,29,30)(H,26,27,28). The number of amidine groups is 1. The van der Waals surface area contributed by atoms with Crippen LogP contribution in [0.1, 0.15) is 11.4 Å². The van der Waals surface area contributed by atoms with E-state index in [0.717, 1.165) is 27.3 Å². The molecule has 2 aromatic heterocycles. The van der Waals surface area contributed by atoms with E-state index < -0.39 is 0 Å². The molecule has 2 aromatic carbocycles. The number of hydrogen-bond acceptors (Lipinski definition) is 10. The number of fused-ring (bicyclic) bond motifs is 1. The molecule has 11 heteroatoms. The number of aromatic nitrogens is 3. The third-order valence-corrected chi connectivity index (χ3v) is 6.14. The molecule has 1 aliphatic rings. The van der Waals surface area contributed by atoms with Crippen molar-refractivity contribution in [3.63, 3.8) is 0 Å². The topological polar surface area (TPSA) is 114 Å². The van der Waals surface area contributed by atoms with Gasteiger partial charge < -0.3 is 25.2 Å². The van der Waals surface area contributed by atoms with Gasteiger partial charge in [0.15, 0.2) is 0 Å². The van der Waals surface area contributed by atoms with Crippen LogP contribution in [0.25, 0.3) is 10.9 Å². The number of thiazole rings is 1. The number of halogens is 1. The first-order valence-corrected chi connectivity index (χ1v) is 11.8. The lowest BCUT2D eigenvalue weighted by molar-refractivity contribution is 0.250. The molecule has 9 nitrogen and oxygen atoms in total. The molecule has 0 radical (unpaired) electrons. The molecule has 0 spiro atoms. The van der Waals surface area contributed by atoms with Crippen LogP contribution in [-0.4, -0.2) is 45.3 Å². The van der Waals surface area contributed by atoms with Crippen molar-refractivity contribution < 1.29 is 14.6 Å². The molecule has 34 heavy (non-hydrogen) atoms. The Morgan fingerprint density at radius 3 is 2.82 bits per heavy atom. The lowest BCUT2D eigenvalue weighted by Gasteiger charge is -2.12. The van der Waals surface area contributed by atoms with E-state index in [1.807, 2.05) is 35.7 Å². The minimum absolute atomic E-state index is 0.0354. The van der Waals surface area contributed by atoms with E-state index >= 15 is 0 Å². The molecule has 5 rings (SSSR count). The van der Waals surface area contributed by atoms with Crippen molar-refractivity contribution in [1.29, 1.82) is 0 Å². The molecule has 174 valence electrons. The number of anilines is 3. The van der Waals surface area contributed by atoms with Crippen LogP contribution >= 0.6 is 22.9 Å². The fourth-order valence-electron chi connectivity index (χ4n) is 3.43. The molecule has 0 saturated carbocycles. The van der Waals surface area contributed by atoms with E-state index in [4.69, 9.17) is 26.2 Å². The first-order chi connectivity index (χ1) is 16.7. The number of hydrogen-bond donors (Lipinski definition) is 3. The van der Waals surface area contributed by atoms with E-state index in [1.54, 1.807) is 12.3 Å². The molecule has 3 heterocycles. The summed E-state index contributed by atoms with van der Waals surface area (Å²) in [7, 11) is 0. The lowest BCUT2D eigenvalue weighted by atomic mass is 10.2. The van der Waals surface area contributed by atoms with Crippen molar-refractivity contribution >= 4 is 57.1 Å². The first kappa shape index (κ1) is 22.3. The highest BCUT2D eigenvalue weighted by Crippen LogP contribution is 2.31. The van der Waals surface area contributed by atoms with E-state index in [2.05, 4.69) is 30.6 Å². The minimum atomic E-state index is -0.0354. The van der Waals surface area contributed by atoms with Crippen LogP contribution < -0.4 is 15.4 Å². The van der Waals surface area contributed by atoms with Gasteiger partial charge in [0.2, 0.25) is 0 Å². The summed E-state index contributed by atoms with van der Waals surface area (Å²) in [5.74, 6) is 1.21. The molecular formula is C23H21ClN6O3S. The third kappa shape index (κ3) is 5.19. The molecule has 1 atom stereocenters. The number of ether oxygens (including phenoxy) is 2. The van der Waals surface area contributed by atoms with Crippen molar-refractivity contribution in [3.8, 4) is 5.75 Å². The highest BCUT2D eigenvalue weighted by atomic mass is 35.5. The third-order valence-electron chi connectivity index (χ3n) is 5.09. The van der Waals surface area contributed by atoms with Gasteiger partial charge in [-0.2, -0.15) is 0 Å². The Hall–Kier alpha value is -3.47. The summed E-state index contributed by atoms with van der Waals surface area (Å²) in [6, 6.07) is 11.6. The van der Waals surface area contributed by atoms with Gasteiger partial charge in [-0.3, -0.25) is 0 Å². The first-order valence-electron chi connectivity index (χ1n) is 10.6. The lowest BCUT2D eigenvalue weighted by Crippen LogP contribution is -2.12. The van der Waals surface area contributed by atoms with Crippen LogP contribution in [0.5, 0.6) is 5.75 Å². The summed E-state index contributed by atoms with van der Waals surface area (Å²) in [5.41, 5.74) is 2.34. The number of nitrogens with zero attached hydrogens (tertiary/aromatic N) is 4. The molecule has 1 unspecified atom stereocenters. The number of aliphatic imine (C=N–C) groups is 1. The molecule has 4 aromatic rings. The highest BCUT2D eigenvalue weighted by Gasteiger charge is 2.18. The average molecular weight is 497 g/mol. The zero-order valence-electron chi connectivity index (χ0n) is 17.9. The number of aliphatic hydroxyl groups excluding tert-OH is 1. The number of nitrogens with one attached hydrogen (secondary N) is 2. The van der Waals surface area contributed by atoms with E-state index in [0.29, 0.717) is 42.2 Å². The number of benzene rings is 2. The SMILES string of the molecule is OCCC1COC(Nc2ccc3ncnc(Nc4ccc(OCc5nccs5)c(Cl)c4)c3c2)=N1. The van der Waals surface area contributed by atoms with Gasteiger partial charge in [-0.1, -0.05) is 11.6 Å². The second-order valence-corrected chi connectivity index (χ2v) is 8.86. The van der Waals surface area contributed by atoms with Crippen LogP contribution in [0.4, 0.5) is 17.2 Å². The summed E-state index contributed by atoms with van der Waals surface area (Å²) >= 11 is 7.97. The summed E-state index contributed by atoms with van der Waals surface area (Å²) in [5, 5.41) is 19.7. The quantitative estimate of drug-likeness (QED) is 0.324. The Morgan fingerprint density at radius 1 is 1.12 bits per heavy atom. The molecule has 0 saturated heterocycles. The van der Waals surface area contributed by atoms with Gasteiger partial charge >= 0.3 is 0 Å². The van der Waals surface area contributed by atoms with Crippen LogP contribution in [-0.2, 0) is 11.3 Å². The second kappa shape index (κ2) is 10.2. The summed E-state index contributed by atoms with van der Waals surface area (Å²) in [6.07, 6.45) is 3.82. The van der Waals surface area contributed by atoms with Crippen molar-refractivity contribution in [2.24, 2.45) is 4.99 Å². The van der Waals surface area contributed by atoms with E-state index in [9.17, 15) is 0 Å². The van der Waals surface area contributed by atoms with Crippen LogP contribution in [0.15, 0.2) is 59.3 Å². The molecule has 1 aliphatic heterocycles. The highest BCUT2D eigenvalue weighted by molar-refractivity contribution is 7.09. The fraction of sp³-hybridized carbons (Fsp3) is 0.217. The van der Waals surface area contributed by atoms with Gasteiger partial charge in [0.25, 0.3) is 6.02 Å². The summed E-state index contributed by atoms with van der Waals surface area (Å²) in [6.45, 7) is 0.902. The Labute approximate surface area is 204 Å². The smallest absolute Gasteiger partial charge is 0.289 e. The zero-order chi connectivity index (χ0) is 23.3. The molecule has 0 aliphatic carbocycles.